The molecule has 0 amide bonds. The van der Waals surface area contributed by atoms with E-state index in [1.54, 1.807) is 7.11 Å². The average molecular weight is 251 g/mol. The van der Waals surface area contributed by atoms with Crippen LogP contribution in [-0.2, 0) is 11.3 Å². The minimum atomic E-state index is -4.26. The standard InChI is InChI=1S/C10H16F3N3O/c1-17-6-2-5-16-9(3-4-15-16)8(14)7-10(11,12)13/h3-4,8H,2,5-7,14H2,1H3. The number of aromatic nitrogens is 2. The normalized spacial score (nSPS) is 13.9. The third kappa shape index (κ3) is 4.74. The summed E-state index contributed by atoms with van der Waals surface area (Å²) < 4.78 is 43.0. The zero-order valence-corrected chi connectivity index (χ0v) is 9.57. The molecule has 1 aromatic heterocycles. The Kier molecular flexibility index (Phi) is 4.95. The molecule has 2 N–H and O–H groups in total. The van der Waals surface area contributed by atoms with Gasteiger partial charge in [0.25, 0.3) is 0 Å². The highest BCUT2D eigenvalue weighted by atomic mass is 19.4. The van der Waals surface area contributed by atoms with Gasteiger partial charge in [0.2, 0.25) is 0 Å². The smallest absolute Gasteiger partial charge is 0.385 e. The number of nitrogens with zero attached hydrogens (tertiary/aromatic N) is 2. The van der Waals surface area contributed by atoms with Crippen LogP contribution in [0.2, 0.25) is 0 Å². The number of rotatable bonds is 6. The van der Waals surface area contributed by atoms with Crippen LogP contribution in [0.25, 0.3) is 0 Å². The Labute approximate surface area is 97.5 Å². The van der Waals surface area contributed by atoms with Gasteiger partial charge in [0.1, 0.15) is 0 Å². The molecule has 98 valence electrons. The van der Waals surface area contributed by atoms with Crippen molar-refractivity contribution in [2.24, 2.45) is 5.73 Å². The molecule has 1 unspecified atom stereocenters. The molecule has 4 nitrogen and oxygen atoms in total. The van der Waals surface area contributed by atoms with Crippen LogP contribution in [0.15, 0.2) is 12.3 Å². The van der Waals surface area contributed by atoms with Gasteiger partial charge in [-0.2, -0.15) is 18.3 Å². The number of hydrogen-bond acceptors (Lipinski definition) is 3. The van der Waals surface area contributed by atoms with Gasteiger partial charge in [0, 0.05) is 26.5 Å². The van der Waals surface area contributed by atoms with Crippen molar-refractivity contribution >= 4 is 0 Å². The summed E-state index contributed by atoms with van der Waals surface area (Å²) >= 11 is 0. The maximum absolute atomic E-state index is 12.2. The number of hydrogen-bond donors (Lipinski definition) is 1. The second-order valence-corrected chi connectivity index (χ2v) is 3.75. The third-order valence-electron chi connectivity index (χ3n) is 2.30. The van der Waals surface area contributed by atoms with Crippen LogP contribution in [0.1, 0.15) is 24.6 Å². The summed E-state index contributed by atoms with van der Waals surface area (Å²) in [5.41, 5.74) is 5.92. The molecule has 1 aromatic rings. The molecule has 7 heteroatoms. The summed E-state index contributed by atoms with van der Waals surface area (Å²) in [5, 5.41) is 3.95. The number of alkyl halides is 3. The fourth-order valence-corrected chi connectivity index (χ4v) is 1.56. The van der Waals surface area contributed by atoms with Crippen molar-refractivity contribution in [2.45, 2.75) is 31.6 Å². The highest BCUT2D eigenvalue weighted by Crippen LogP contribution is 2.27. The number of halogens is 3. The maximum atomic E-state index is 12.2. The van der Waals surface area contributed by atoms with E-state index >= 15 is 0 Å². The number of nitrogens with two attached hydrogens (primary N) is 1. The summed E-state index contributed by atoms with van der Waals surface area (Å²) in [5.74, 6) is 0. The first-order valence-electron chi connectivity index (χ1n) is 5.27. The van der Waals surface area contributed by atoms with Gasteiger partial charge in [-0.25, -0.2) is 0 Å². The Morgan fingerprint density at radius 2 is 2.24 bits per heavy atom. The van der Waals surface area contributed by atoms with E-state index in [2.05, 4.69) is 5.10 Å². The summed E-state index contributed by atoms with van der Waals surface area (Å²) in [6.07, 6.45) is -3.16. The minimum absolute atomic E-state index is 0.401. The minimum Gasteiger partial charge on any atom is -0.385 e. The van der Waals surface area contributed by atoms with Gasteiger partial charge in [-0.3, -0.25) is 4.68 Å². The molecule has 1 heterocycles. The molecule has 0 radical (unpaired) electrons. The predicted molar refractivity (Wildman–Crippen MR) is 56.3 cm³/mol. The molecule has 1 atom stereocenters. The van der Waals surface area contributed by atoms with Gasteiger partial charge >= 0.3 is 6.18 Å². The van der Waals surface area contributed by atoms with Crippen LogP contribution in [0.4, 0.5) is 13.2 Å². The molecular formula is C10H16F3N3O. The lowest BCUT2D eigenvalue weighted by Crippen LogP contribution is -2.23. The van der Waals surface area contributed by atoms with Crippen molar-refractivity contribution in [2.75, 3.05) is 13.7 Å². The summed E-state index contributed by atoms with van der Waals surface area (Å²) in [6, 6.07) is 0.448. The molecule has 0 saturated heterocycles. The number of methoxy groups -OCH3 is 1. The largest absolute Gasteiger partial charge is 0.390 e. The van der Waals surface area contributed by atoms with Crippen molar-refractivity contribution in [3.05, 3.63) is 18.0 Å². The highest BCUT2D eigenvalue weighted by molar-refractivity contribution is 5.06. The van der Waals surface area contributed by atoms with Gasteiger partial charge in [-0.1, -0.05) is 0 Å². The molecule has 0 fully saturated rings. The number of aryl methyl sites for hydroxylation is 1. The molecule has 0 aliphatic heterocycles. The Hall–Kier alpha value is -1.08. The van der Waals surface area contributed by atoms with Crippen LogP contribution in [0.3, 0.4) is 0 Å². The maximum Gasteiger partial charge on any atom is 0.390 e. The van der Waals surface area contributed by atoms with Crippen LogP contribution < -0.4 is 5.73 Å². The fourth-order valence-electron chi connectivity index (χ4n) is 1.56. The summed E-state index contributed by atoms with van der Waals surface area (Å²) in [4.78, 5) is 0. The van der Waals surface area contributed by atoms with E-state index in [1.807, 2.05) is 0 Å². The molecule has 17 heavy (non-hydrogen) atoms. The van der Waals surface area contributed by atoms with E-state index in [0.29, 0.717) is 25.3 Å². The Morgan fingerprint density at radius 3 is 2.82 bits per heavy atom. The topological polar surface area (TPSA) is 53.1 Å². The Morgan fingerprint density at radius 1 is 1.53 bits per heavy atom. The van der Waals surface area contributed by atoms with Crippen molar-refractivity contribution in [1.29, 1.82) is 0 Å². The van der Waals surface area contributed by atoms with E-state index in [-0.39, 0.29) is 0 Å². The monoisotopic (exact) mass is 251 g/mol. The van der Waals surface area contributed by atoms with Crippen molar-refractivity contribution < 1.29 is 17.9 Å². The van der Waals surface area contributed by atoms with E-state index in [1.165, 1.54) is 16.9 Å². The van der Waals surface area contributed by atoms with Crippen molar-refractivity contribution in [3.8, 4) is 0 Å². The lowest BCUT2D eigenvalue weighted by Gasteiger charge is -2.15. The predicted octanol–water partition coefficient (Wildman–Crippen LogP) is 1.87. The first-order chi connectivity index (χ1) is 7.94. The van der Waals surface area contributed by atoms with Crippen LogP contribution in [-0.4, -0.2) is 29.7 Å². The zero-order valence-electron chi connectivity index (χ0n) is 9.57. The van der Waals surface area contributed by atoms with Crippen LogP contribution >= 0.6 is 0 Å². The molecular weight excluding hydrogens is 235 g/mol. The van der Waals surface area contributed by atoms with Gasteiger partial charge in [0.15, 0.2) is 0 Å². The fraction of sp³-hybridized carbons (Fsp3) is 0.700. The van der Waals surface area contributed by atoms with Gasteiger partial charge in [-0.15, -0.1) is 0 Å². The van der Waals surface area contributed by atoms with Crippen LogP contribution in [0.5, 0.6) is 0 Å². The lowest BCUT2D eigenvalue weighted by atomic mass is 10.1. The molecule has 0 bridgehead atoms. The summed E-state index contributed by atoms with van der Waals surface area (Å²) in [6.45, 7) is 1.04. The summed E-state index contributed by atoms with van der Waals surface area (Å²) in [7, 11) is 1.57. The van der Waals surface area contributed by atoms with E-state index in [4.69, 9.17) is 10.5 Å². The van der Waals surface area contributed by atoms with Crippen molar-refractivity contribution in [1.82, 2.24) is 9.78 Å². The Balaban J connectivity index is 2.61. The highest BCUT2D eigenvalue weighted by Gasteiger charge is 2.32. The second kappa shape index (κ2) is 6.02. The number of ether oxygens (including phenoxy) is 1. The molecule has 0 spiro atoms. The molecule has 0 saturated carbocycles. The third-order valence-corrected chi connectivity index (χ3v) is 2.30. The molecule has 0 aromatic carbocycles. The molecule has 0 aliphatic carbocycles. The van der Waals surface area contributed by atoms with E-state index < -0.39 is 18.6 Å². The van der Waals surface area contributed by atoms with Gasteiger partial charge < -0.3 is 10.5 Å². The average Bonchev–Trinajstić information content (AvgIpc) is 2.64. The lowest BCUT2D eigenvalue weighted by molar-refractivity contribution is -0.138. The van der Waals surface area contributed by atoms with Gasteiger partial charge in [-0.05, 0) is 12.5 Å². The Bertz CT molecular complexity index is 338. The quantitative estimate of drug-likeness (QED) is 0.785. The second-order valence-electron chi connectivity index (χ2n) is 3.75. The van der Waals surface area contributed by atoms with E-state index in [9.17, 15) is 13.2 Å². The first kappa shape index (κ1) is 14.0. The molecule has 0 aliphatic rings. The SMILES string of the molecule is COCCCn1nccc1C(N)CC(F)(F)F. The van der Waals surface area contributed by atoms with E-state index in [0.717, 1.165) is 0 Å². The van der Waals surface area contributed by atoms with Crippen molar-refractivity contribution in [3.63, 3.8) is 0 Å². The van der Waals surface area contributed by atoms with Crippen LogP contribution in [0, 0.1) is 0 Å². The zero-order chi connectivity index (χ0) is 12.9. The van der Waals surface area contributed by atoms with Gasteiger partial charge in [0.05, 0.1) is 18.2 Å². The first-order valence-corrected chi connectivity index (χ1v) is 5.27. The molecule has 1 rings (SSSR count).